The number of amides is 2. The Morgan fingerprint density at radius 1 is 1.50 bits per heavy atom. The smallest absolute Gasteiger partial charge is 0.237 e. The third-order valence-electron chi connectivity index (χ3n) is 4.52. The molecule has 0 bridgehead atoms. The number of nitrogens with zero attached hydrogens (tertiary/aromatic N) is 2. The number of hydrogen-bond donors (Lipinski definition) is 1. The van der Waals surface area contributed by atoms with Crippen molar-refractivity contribution < 1.29 is 9.59 Å². The van der Waals surface area contributed by atoms with Gasteiger partial charge in [-0.05, 0) is 12.8 Å². The SMILES string of the molecule is C#CCN(CC=C)C(=O)CC1C(=O)NCCN1C1CCCC1. The third kappa shape index (κ3) is 3.89. The number of nitrogens with one attached hydrogen (secondary N) is 1. The van der Waals surface area contributed by atoms with E-state index in [1.807, 2.05) is 0 Å². The van der Waals surface area contributed by atoms with Crippen LogP contribution in [0.15, 0.2) is 12.7 Å². The van der Waals surface area contributed by atoms with Gasteiger partial charge in [0, 0.05) is 25.7 Å². The fourth-order valence-electron chi connectivity index (χ4n) is 3.43. The average molecular weight is 303 g/mol. The summed E-state index contributed by atoms with van der Waals surface area (Å²) in [5.74, 6) is 2.37. The van der Waals surface area contributed by atoms with Gasteiger partial charge in [-0.3, -0.25) is 14.5 Å². The van der Waals surface area contributed by atoms with Crippen molar-refractivity contribution in [3.63, 3.8) is 0 Å². The lowest BCUT2D eigenvalue weighted by atomic mass is 10.0. The molecule has 5 nitrogen and oxygen atoms in total. The van der Waals surface area contributed by atoms with Gasteiger partial charge in [-0.2, -0.15) is 0 Å². The van der Waals surface area contributed by atoms with Crippen molar-refractivity contribution >= 4 is 11.8 Å². The summed E-state index contributed by atoms with van der Waals surface area (Å²) in [7, 11) is 0. The van der Waals surface area contributed by atoms with E-state index >= 15 is 0 Å². The monoisotopic (exact) mass is 303 g/mol. The highest BCUT2D eigenvalue weighted by Crippen LogP contribution is 2.27. The molecule has 0 aromatic heterocycles. The minimum Gasteiger partial charge on any atom is -0.353 e. The maximum absolute atomic E-state index is 12.5. The quantitative estimate of drug-likeness (QED) is 0.582. The zero-order valence-corrected chi connectivity index (χ0v) is 13.1. The average Bonchev–Trinajstić information content (AvgIpc) is 3.03. The van der Waals surface area contributed by atoms with Crippen molar-refractivity contribution in [1.82, 2.24) is 15.1 Å². The standard InChI is InChI=1S/C17H25N3O2/c1-3-10-19(11-4-2)16(21)13-15-17(22)18-9-12-20(15)14-7-5-6-8-14/h1,4,14-15H,2,5-13H2,(H,18,22). The van der Waals surface area contributed by atoms with Crippen LogP contribution in [0, 0.1) is 12.3 Å². The minimum absolute atomic E-state index is 0.0363. The topological polar surface area (TPSA) is 52.7 Å². The highest BCUT2D eigenvalue weighted by molar-refractivity contribution is 5.89. The molecule has 1 aliphatic carbocycles. The van der Waals surface area contributed by atoms with Gasteiger partial charge in [0.25, 0.3) is 0 Å². The molecule has 0 spiro atoms. The number of rotatable bonds is 6. The Hall–Kier alpha value is -1.80. The highest BCUT2D eigenvalue weighted by Gasteiger charge is 2.37. The summed E-state index contributed by atoms with van der Waals surface area (Å²) in [6, 6.07) is 0.0683. The van der Waals surface area contributed by atoms with Gasteiger partial charge in [-0.15, -0.1) is 13.0 Å². The molecule has 2 fully saturated rings. The summed E-state index contributed by atoms with van der Waals surface area (Å²) in [4.78, 5) is 28.5. The van der Waals surface area contributed by atoms with E-state index in [0.717, 1.165) is 19.4 Å². The molecule has 1 saturated carbocycles. The number of terminal acetylenes is 1. The maximum Gasteiger partial charge on any atom is 0.237 e. The summed E-state index contributed by atoms with van der Waals surface area (Å²) in [6.07, 6.45) is 11.8. The second-order valence-electron chi connectivity index (χ2n) is 5.95. The fraction of sp³-hybridized carbons (Fsp3) is 0.647. The van der Waals surface area contributed by atoms with Crippen LogP contribution in [0.5, 0.6) is 0 Å². The van der Waals surface area contributed by atoms with Crippen LogP contribution in [0.25, 0.3) is 0 Å². The Morgan fingerprint density at radius 2 is 2.23 bits per heavy atom. The van der Waals surface area contributed by atoms with Crippen LogP contribution in [0.1, 0.15) is 32.1 Å². The molecule has 5 heteroatoms. The number of piperazine rings is 1. The summed E-state index contributed by atoms with van der Waals surface area (Å²) in [6.45, 7) is 5.81. The van der Waals surface area contributed by atoms with Crippen molar-refractivity contribution in [2.24, 2.45) is 0 Å². The van der Waals surface area contributed by atoms with E-state index in [9.17, 15) is 9.59 Å². The summed E-state index contributed by atoms with van der Waals surface area (Å²) >= 11 is 0. The molecule has 2 rings (SSSR count). The normalized spacial score (nSPS) is 22.9. The van der Waals surface area contributed by atoms with E-state index in [-0.39, 0.29) is 30.8 Å². The Balaban J connectivity index is 2.05. The predicted molar refractivity (Wildman–Crippen MR) is 86.0 cm³/mol. The van der Waals surface area contributed by atoms with E-state index in [2.05, 4.69) is 22.7 Å². The molecule has 1 atom stereocenters. The van der Waals surface area contributed by atoms with Crippen LogP contribution < -0.4 is 5.32 Å². The lowest BCUT2D eigenvalue weighted by Gasteiger charge is -2.39. The van der Waals surface area contributed by atoms with Crippen LogP contribution in [0.3, 0.4) is 0 Å². The molecule has 0 radical (unpaired) electrons. The van der Waals surface area contributed by atoms with Crippen molar-refractivity contribution in [1.29, 1.82) is 0 Å². The zero-order chi connectivity index (χ0) is 15.9. The molecule has 2 aliphatic rings. The summed E-state index contributed by atoms with van der Waals surface area (Å²) in [5.41, 5.74) is 0. The number of hydrogen-bond acceptors (Lipinski definition) is 3. The van der Waals surface area contributed by atoms with Crippen LogP contribution in [-0.4, -0.2) is 59.9 Å². The van der Waals surface area contributed by atoms with Gasteiger partial charge in [0.15, 0.2) is 0 Å². The summed E-state index contributed by atoms with van der Waals surface area (Å²) < 4.78 is 0. The van der Waals surface area contributed by atoms with Crippen molar-refractivity contribution in [2.45, 2.75) is 44.2 Å². The fourth-order valence-corrected chi connectivity index (χ4v) is 3.43. The van der Waals surface area contributed by atoms with E-state index < -0.39 is 0 Å². The van der Waals surface area contributed by atoms with Gasteiger partial charge in [0.05, 0.1) is 19.0 Å². The van der Waals surface area contributed by atoms with Crippen LogP contribution in [-0.2, 0) is 9.59 Å². The van der Waals surface area contributed by atoms with Gasteiger partial charge >= 0.3 is 0 Å². The first-order valence-electron chi connectivity index (χ1n) is 8.03. The van der Waals surface area contributed by atoms with Crippen molar-refractivity contribution in [2.75, 3.05) is 26.2 Å². The molecule has 1 N–H and O–H groups in total. The summed E-state index contributed by atoms with van der Waals surface area (Å²) in [5, 5.41) is 2.88. The Labute approximate surface area is 132 Å². The molecule has 2 amide bonds. The predicted octanol–water partition coefficient (Wildman–Crippen LogP) is 0.767. The van der Waals surface area contributed by atoms with Gasteiger partial charge in [0.2, 0.25) is 11.8 Å². The minimum atomic E-state index is -0.366. The molecule has 1 aliphatic heterocycles. The first-order valence-corrected chi connectivity index (χ1v) is 8.03. The van der Waals surface area contributed by atoms with Crippen molar-refractivity contribution in [3.05, 3.63) is 12.7 Å². The van der Waals surface area contributed by atoms with Crippen molar-refractivity contribution in [3.8, 4) is 12.3 Å². The molecule has 0 aromatic rings. The number of carbonyl (C=O) groups excluding carboxylic acids is 2. The van der Waals surface area contributed by atoms with Gasteiger partial charge in [-0.25, -0.2) is 0 Å². The molecular formula is C17H25N3O2. The second-order valence-corrected chi connectivity index (χ2v) is 5.95. The van der Waals surface area contributed by atoms with E-state index in [1.54, 1.807) is 11.0 Å². The van der Waals surface area contributed by atoms with E-state index in [0.29, 0.717) is 19.1 Å². The van der Waals surface area contributed by atoms with E-state index in [1.165, 1.54) is 12.8 Å². The first kappa shape index (κ1) is 16.6. The largest absolute Gasteiger partial charge is 0.353 e. The highest BCUT2D eigenvalue weighted by atomic mass is 16.2. The van der Waals surface area contributed by atoms with Gasteiger partial charge in [0.1, 0.15) is 0 Å². The molecule has 1 heterocycles. The molecule has 1 unspecified atom stereocenters. The number of carbonyl (C=O) groups is 2. The van der Waals surface area contributed by atoms with Crippen LogP contribution in [0.4, 0.5) is 0 Å². The lowest BCUT2D eigenvalue weighted by molar-refractivity contribution is -0.139. The Kier molecular flexibility index (Phi) is 6.02. The molecular weight excluding hydrogens is 278 g/mol. The van der Waals surface area contributed by atoms with E-state index in [4.69, 9.17) is 6.42 Å². The molecule has 22 heavy (non-hydrogen) atoms. The lowest BCUT2D eigenvalue weighted by Crippen LogP contribution is -2.59. The Morgan fingerprint density at radius 3 is 2.86 bits per heavy atom. The molecule has 0 aromatic carbocycles. The van der Waals surface area contributed by atoms with Crippen LogP contribution >= 0.6 is 0 Å². The van der Waals surface area contributed by atoms with Crippen LogP contribution in [0.2, 0.25) is 0 Å². The Bertz CT molecular complexity index is 463. The third-order valence-corrected chi connectivity index (χ3v) is 4.52. The molecule has 120 valence electrons. The zero-order valence-electron chi connectivity index (χ0n) is 13.1. The maximum atomic E-state index is 12.5. The van der Waals surface area contributed by atoms with Gasteiger partial charge in [-0.1, -0.05) is 24.8 Å². The molecule has 1 saturated heterocycles. The second kappa shape index (κ2) is 8.00. The first-order chi connectivity index (χ1) is 10.7. The van der Waals surface area contributed by atoms with Gasteiger partial charge < -0.3 is 10.2 Å².